The molecule has 2 aromatic rings. The van der Waals surface area contributed by atoms with Crippen molar-refractivity contribution in [3.63, 3.8) is 0 Å². The number of halogens is 1. The lowest BCUT2D eigenvalue weighted by Gasteiger charge is -2.16. The van der Waals surface area contributed by atoms with Crippen molar-refractivity contribution >= 4 is 23.3 Å². The van der Waals surface area contributed by atoms with Crippen LogP contribution in [0.1, 0.15) is 35.8 Å². The Morgan fingerprint density at radius 3 is 2.48 bits per heavy atom. The minimum Gasteiger partial charge on any atom is -0.483 e. The Morgan fingerprint density at radius 1 is 1.13 bits per heavy atom. The molecule has 2 aromatic carbocycles. The summed E-state index contributed by atoms with van der Waals surface area (Å²) in [4.78, 5) is 23.5. The summed E-state index contributed by atoms with van der Waals surface area (Å²) in [6.07, 6.45) is 0. The number of amides is 1. The number of rotatable bonds is 6. The zero-order valence-corrected chi connectivity index (χ0v) is 13.8. The van der Waals surface area contributed by atoms with E-state index in [9.17, 15) is 9.59 Å². The molecule has 0 spiro atoms. The molecule has 0 bridgehead atoms. The van der Waals surface area contributed by atoms with E-state index in [1.807, 2.05) is 25.1 Å². The average molecular weight is 332 g/mol. The van der Waals surface area contributed by atoms with Crippen molar-refractivity contribution < 1.29 is 14.3 Å². The van der Waals surface area contributed by atoms with Gasteiger partial charge in [0, 0.05) is 5.02 Å². The zero-order chi connectivity index (χ0) is 16.8. The number of ketones is 1. The van der Waals surface area contributed by atoms with E-state index in [1.54, 1.807) is 30.3 Å². The summed E-state index contributed by atoms with van der Waals surface area (Å²) in [7, 11) is 0. The number of hydrogen-bond acceptors (Lipinski definition) is 3. The van der Waals surface area contributed by atoms with Gasteiger partial charge in [0.25, 0.3) is 5.91 Å². The predicted octanol–water partition coefficient (Wildman–Crippen LogP) is 3.80. The maximum absolute atomic E-state index is 12.0. The Kier molecular flexibility index (Phi) is 5.77. The fourth-order valence-electron chi connectivity index (χ4n) is 2.21. The molecule has 5 heteroatoms. The van der Waals surface area contributed by atoms with E-state index in [1.165, 1.54) is 6.92 Å². The molecule has 0 saturated carbocycles. The first-order valence-corrected chi connectivity index (χ1v) is 7.63. The van der Waals surface area contributed by atoms with E-state index in [-0.39, 0.29) is 24.3 Å². The molecule has 23 heavy (non-hydrogen) atoms. The van der Waals surface area contributed by atoms with Gasteiger partial charge in [-0.2, -0.15) is 0 Å². The molecular formula is C18H18ClNO3. The van der Waals surface area contributed by atoms with Crippen LogP contribution in [0.25, 0.3) is 0 Å². The number of para-hydroxylation sites is 1. The van der Waals surface area contributed by atoms with Gasteiger partial charge >= 0.3 is 0 Å². The molecule has 0 fully saturated rings. The molecule has 120 valence electrons. The Bertz CT molecular complexity index is 715. The van der Waals surface area contributed by atoms with Gasteiger partial charge < -0.3 is 10.1 Å². The fraction of sp³-hybridized carbons (Fsp3) is 0.222. The average Bonchev–Trinajstić information content (AvgIpc) is 2.53. The van der Waals surface area contributed by atoms with Crippen LogP contribution in [0.2, 0.25) is 5.02 Å². The molecule has 0 aliphatic heterocycles. The molecule has 4 nitrogen and oxygen atoms in total. The van der Waals surface area contributed by atoms with Crippen molar-refractivity contribution in [2.75, 3.05) is 6.61 Å². The fourth-order valence-corrected chi connectivity index (χ4v) is 2.51. The third-order valence-corrected chi connectivity index (χ3v) is 3.72. The van der Waals surface area contributed by atoms with Crippen LogP contribution in [0, 0.1) is 0 Å². The van der Waals surface area contributed by atoms with Crippen LogP contribution >= 0.6 is 11.6 Å². The molecule has 0 aliphatic rings. The second-order valence-corrected chi connectivity index (χ2v) is 5.56. The van der Waals surface area contributed by atoms with Crippen LogP contribution < -0.4 is 10.1 Å². The minimum atomic E-state index is -0.282. The normalized spacial score (nSPS) is 11.6. The predicted molar refractivity (Wildman–Crippen MR) is 90.0 cm³/mol. The third kappa shape index (κ3) is 4.57. The van der Waals surface area contributed by atoms with Crippen LogP contribution in [0.3, 0.4) is 0 Å². The van der Waals surface area contributed by atoms with Crippen LogP contribution in [-0.2, 0) is 4.79 Å². The maximum atomic E-state index is 12.0. The van der Waals surface area contributed by atoms with Crippen molar-refractivity contribution in [3.8, 4) is 5.75 Å². The number of Topliss-reactive ketones (excluding diaryl/α,β-unsaturated/α-hetero) is 1. The highest BCUT2D eigenvalue weighted by Crippen LogP contribution is 2.22. The van der Waals surface area contributed by atoms with Gasteiger partial charge in [0.15, 0.2) is 12.4 Å². The highest BCUT2D eigenvalue weighted by Gasteiger charge is 2.14. The van der Waals surface area contributed by atoms with Gasteiger partial charge in [0.2, 0.25) is 0 Å². The van der Waals surface area contributed by atoms with Gasteiger partial charge in [0.1, 0.15) is 5.75 Å². The van der Waals surface area contributed by atoms with Gasteiger partial charge in [-0.15, -0.1) is 0 Å². The van der Waals surface area contributed by atoms with Crippen molar-refractivity contribution in [1.29, 1.82) is 0 Å². The van der Waals surface area contributed by atoms with E-state index in [4.69, 9.17) is 16.3 Å². The molecule has 1 N–H and O–H groups in total. The Hall–Kier alpha value is -2.33. The molecule has 0 aliphatic carbocycles. The van der Waals surface area contributed by atoms with Crippen LogP contribution in [-0.4, -0.2) is 18.3 Å². The first-order chi connectivity index (χ1) is 11.0. The lowest BCUT2D eigenvalue weighted by atomic mass is 10.1. The Balaban J connectivity index is 1.96. The quantitative estimate of drug-likeness (QED) is 0.819. The standard InChI is InChI=1S/C18H18ClNO3/c1-12(14-7-3-5-9-16(14)19)20-18(22)11-23-17-10-6-4-8-15(17)13(2)21/h3-10,12H,11H2,1-2H3,(H,20,22). The largest absolute Gasteiger partial charge is 0.483 e. The second kappa shape index (κ2) is 7.79. The van der Waals surface area contributed by atoms with Gasteiger partial charge in [-0.3, -0.25) is 9.59 Å². The summed E-state index contributed by atoms with van der Waals surface area (Å²) >= 11 is 6.11. The second-order valence-electron chi connectivity index (χ2n) is 5.15. The summed E-state index contributed by atoms with van der Waals surface area (Å²) in [5, 5.41) is 3.42. The number of carbonyl (C=O) groups excluding carboxylic acids is 2. The highest BCUT2D eigenvalue weighted by molar-refractivity contribution is 6.31. The molecule has 1 atom stereocenters. The minimum absolute atomic E-state index is 0.106. The summed E-state index contributed by atoms with van der Waals surface area (Å²) < 4.78 is 5.46. The van der Waals surface area contributed by atoms with Crippen LogP contribution in [0.15, 0.2) is 48.5 Å². The summed E-state index contributed by atoms with van der Waals surface area (Å²) in [6, 6.07) is 13.9. The number of nitrogens with one attached hydrogen (secondary N) is 1. The van der Waals surface area contributed by atoms with Gasteiger partial charge in [-0.25, -0.2) is 0 Å². The van der Waals surface area contributed by atoms with Gasteiger partial charge in [0.05, 0.1) is 11.6 Å². The molecule has 1 amide bonds. The van der Waals surface area contributed by atoms with Crippen LogP contribution in [0.5, 0.6) is 5.75 Å². The number of carbonyl (C=O) groups is 2. The lowest BCUT2D eigenvalue weighted by molar-refractivity contribution is -0.123. The molecule has 0 radical (unpaired) electrons. The van der Waals surface area contributed by atoms with E-state index >= 15 is 0 Å². The van der Waals surface area contributed by atoms with Gasteiger partial charge in [-0.1, -0.05) is 41.9 Å². The third-order valence-electron chi connectivity index (χ3n) is 3.37. The molecular weight excluding hydrogens is 314 g/mol. The van der Waals surface area contributed by atoms with Crippen molar-refractivity contribution in [3.05, 3.63) is 64.7 Å². The van der Waals surface area contributed by atoms with Gasteiger partial charge in [-0.05, 0) is 37.6 Å². The smallest absolute Gasteiger partial charge is 0.258 e. The van der Waals surface area contributed by atoms with E-state index in [0.717, 1.165) is 5.56 Å². The summed E-state index contributed by atoms with van der Waals surface area (Å²) in [6.45, 7) is 3.14. The highest BCUT2D eigenvalue weighted by atomic mass is 35.5. The first kappa shape index (κ1) is 17.0. The van der Waals surface area contributed by atoms with E-state index in [0.29, 0.717) is 16.3 Å². The monoisotopic (exact) mass is 331 g/mol. The van der Waals surface area contributed by atoms with Crippen LogP contribution in [0.4, 0.5) is 0 Å². The first-order valence-electron chi connectivity index (χ1n) is 7.25. The SMILES string of the molecule is CC(=O)c1ccccc1OCC(=O)NC(C)c1ccccc1Cl. The molecule has 0 saturated heterocycles. The Labute approximate surface area is 140 Å². The lowest BCUT2D eigenvalue weighted by Crippen LogP contribution is -2.31. The topological polar surface area (TPSA) is 55.4 Å². The summed E-state index contributed by atoms with van der Waals surface area (Å²) in [5.41, 5.74) is 1.30. The maximum Gasteiger partial charge on any atom is 0.258 e. The number of benzene rings is 2. The van der Waals surface area contributed by atoms with E-state index < -0.39 is 0 Å². The summed E-state index contributed by atoms with van der Waals surface area (Å²) in [5.74, 6) is 0.0155. The number of hydrogen-bond donors (Lipinski definition) is 1. The molecule has 0 aromatic heterocycles. The number of ether oxygens (including phenoxy) is 1. The van der Waals surface area contributed by atoms with E-state index in [2.05, 4.69) is 5.32 Å². The zero-order valence-electron chi connectivity index (χ0n) is 13.0. The molecule has 1 unspecified atom stereocenters. The van der Waals surface area contributed by atoms with Crippen molar-refractivity contribution in [1.82, 2.24) is 5.32 Å². The molecule has 2 rings (SSSR count). The van der Waals surface area contributed by atoms with Crippen molar-refractivity contribution in [2.24, 2.45) is 0 Å². The van der Waals surface area contributed by atoms with Crippen molar-refractivity contribution in [2.45, 2.75) is 19.9 Å². The Morgan fingerprint density at radius 2 is 1.78 bits per heavy atom. The molecule has 0 heterocycles.